The smallest absolute Gasteiger partial charge is 0.240 e. The molecule has 1 aromatic carbocycles. The van der Waals surface area contributed by atoms with Crippen LogP contribution < -0.4 is 10.5 Å². The van der Waals surface area contributed by atoms with E-state index in [9.17, 15) is 8.42 Å². The van der Waals surface area contributed by atoms with Gasteiger partial charge in [-0.3, -0.25) is 0 Å². The highest BCUT2D eigenvalue weighted by Crippen LogP contribution is 2.28. The molecule has 1 aliphatic carbocycles. The van der Waals surface area contributed by atoms with Crippen molar-refractivity contribution in [1.82, 2.24) is 4.72 Å². The zero-order valence-electron chi connectivity index (χ0n) is 12.5. The molecule has 6 heteroatoms. The predicted octanol–water partition coefficient (Wildman–Crippen LogP) is 3.48. The van der Waals surface area contributed by atoms with E-state index in [1.165, 1.54) is 12.5 Å². The quantitative estimate of drug-likeness (QED) is 0.658. The lowest BCUT2D eigenvalue weighted by molar-refractivity contribution is 0.484. The first kappa shape index (κ1) is 16.6. The minimum absolute atomic E-state index is 0.0113. The number of hydrogen-bond donors (Lipinski definition) is 2. The second kappa shape index (κ2) is 6.55. The lowest BCUT2D eigenvalue weighted by atomic mass is 10.0. The fraction of sp³-hybridized carbons (Fsp3) is 0.600. The van der Waals surface area contributed by atoms with Gasteiger partial charge in [0.05, 0.1) is 15.6 Å². The summed E-state index contributed by atoms with van der Waals surface area (Å²) in [6.07, 6.45) is 5.09. The van der Waals surface area contributed by atoms with Crippen LogP contribution >= 0.6 is 11.6 Å². The lowest BCUT2D eigenvalue weighted by Gasteiger charge is -2.17. The van der Waals surface area contributed by atoms with Gasteiger partial charge in [0, 0.05) is 6.04 Å². The van der Waals surface area contributed by atoms with Gasteiger partial charge in [-0.05, 0) is 49.8 Å². The van der Waals surface area contributed by atoms with Crippen molar-refractivity contribution in [2.24, 2.45) is 5.92 Å². The van der Waals surface area contributed by atoms with Crippen molar-refractivity contribution in [2.75, 3.05) is 5.73 Å². The molecule has 2 rings (SSSR count). The van der Waals surface area contributed by atoms with Crippen molar-refractivity contribution in [1.29, 1.82) is 0 Å². The maximum Gasteiger partial charge on any atom is 0.240 e. The number of nitrogens with one attached hydrogen (secondary N) is 1. The number of sulfonamides is 1. The molecular formula is C15H23ClN2O2S. The Balaban J connectivity index is 2.18. The van der Waals surface area contributed by atoms with Crippen LogP contribution in [0.4, 0.5) is 5.69 Å². The monoisotopic (exact) mass is 330 g/mol. The molecule has 0 aliphatic heterocycles. The number of anilines is 1. The van der Waals surface area contributed by atoms with Crippen LogP contribution in [0, 0.1) is 12.8 Å². The number of hydrogen-bond acceptors (Lipinski definition) is 3. The van der Waals surface area contributed by atoms with Gasteiger partial charge in [-0.25, -0.2) is 13.1 Å². The molecule has 2 atom stereocenters. The zero-order chi connectivity index (χ0) is 15.6. The van der Waals surface area contributed by atoms with Gasteiger partial charge in [0.2, 0.25) is 10.0 Å². The molecule has 0 amide bonds. The van der Waals surface area contributed by atoms with Gasteiger partial charge in [-0.1, -0.05) is 31.4 Å². The molecule has 0 aromatic heterocycles. The molecule has 1 aromatic rings. The standard InChI is InChI=1S/C15H23ClN2O2S/c1-10-4-3-5-12(7-6-10)18-21(19,20)13-8-11(2)15(16)14(17)9-13/h8-10,12,18H,3-7,17H2,1-2H3. The topological polar surface area (TPSA) is 72.2 Å². The number of nitrogens with two attached hydrogens (primary N) is 1. The number of aryl methyl sites for hydroxylation is 1. The lowest BCUT2D eigenvalue weighted by Crippen LogP contribution is -2.34. The van der Waals surface area contributed by atoms with Crippen LogP contribution in [0.2, 0.25) is 5.02 Å². The molecule has 0 radical (unpaired) electrons. The molecule has 1 aliphatic rings. The highest BCUT2D eigenvalue weighted by Gasteiger charge is 2.23. The molecule has 21 heavy (non-hydrogen) atoms. The van der Waals surface area contributed by atoms with E-state index in [-0.39, 0.29) is 10.9 Å². The Morgan fingerprint density at radius 3 is 2.62 bits per heavy atom. The first-order valence-electron chi connectivity index (χ1n) is 7.37. The van der Waals surface area contributed by atoms with Crippen molar-refractivity contribution < 1.29 is 8.42 Å². The fourth-order valence-corrected chi connectivity index (χ4v) is 4.34. The highest BCUT2D eigenvalue weighted by atomic mass is 35.5. The number of halogens is 1. The minimum Gasteiger partial charge on any atom is -0.397 e. The van der Waals surface area contributed by atoms with E-state index in [0.717, 1.165) is 25.7 Å². The van der Waals surface area contributed by atoms with Crippen molar-refractivity contribution in [3.63, 3.8) is 0 Å². The fourth-order valence-electron chi connectivity index (χ4n) is 2.81. The molecule has 0 spiro atoms. The van der Waals surface area contributed by atoms with Gasteiger partial charge >= 0.3 is 0 Å². The normalized spacial score (nSPS) is 23.8. The molecular weight excluding hydrogens is 308 g/mol. The molecule has 0 saturated heterocycles. The van der Waals surface area contributed by atoms with E-state index in [0.29, 0.717) is 22.2 Å². The summed E-state index contributed by atoms with van der Waals surface area (Å²) in [5, 5.41) is 0.414. The van der Waals surface area contributed by atoms with E-state index in [1.54, 1.807) is 13.0 Å². The van der Waals surface area contributed by atoms with E-state index in [2.05, 4.69) is 11.6 Å². The van der Waals surface area contributed by atoms with Gasteiger partial charge in [-0.15, -0.1) is 0 Å². The van der Waals surface area contributed by atoms with Gasteiger partial charge in [-0.2, -0.15) is 0 Å². The Morgan fingerprint density at radius 1 is 1.24 bits per heavy atom. The first-order valence-corrected chi connectivity index (χ1v) is 9.23. The third-order valence-corrected chi connectivity index (χ3v) is 6.16. The van der Waals surface area contributed by atoms with Gasteiger partial charge < -0.3 is 5.73 Å². The van der Waals surface area contributed by atoms with Crippen LogP contribution in [-0.2, 0) is 10.0 Å². The summed E-state index contributed by atoms with van der Waals surface area (Å²) >= 11 is 5.99. The van der Waals surface area contributed by atoms with E-state index < -0.39 is 10.0 Å². The summed E-state index contributed by atoms with van der Waals surface area (Å²) in [7, 11) is -3.54. The van der Waals surface area contributed by atoms with Gasteiger partial charge in [0.1, 0.15) is 0 Å². The summed E-state index contributed by atoms with van der Waals surface area (Å²) < 4.78 is 27.8. The van der Waals surface area contributed by atoms with Crippen molar-refractivity contribution >= 4 is 27.3 Å². The van der Waals surface area contributed by atoms with E-state index in [1.807, 2.05) is 0 Å². The molecule has 2 unspecified atom stereocenters. The van der Waals surface area contributed by atoms with Gasteiger partial charge in [0.15, 0.2) is 0 Å². The van der Waals surface area contributed by atoms with E-state index in [4.69, 9.17) is 17.3 Å². The SMILES string of the molecule is Cc1cc(S(=O)(=O)NC2CCCC(C)CC2)cc(N)c1Cl. The Labute approximate surface area is 132 Å². The first-order chi connectivity index (χ1) is 9.79. The maximum absolute atomic E-state index is 12.5. The Bertz CT molecular complexity index is 593. The summed E-state index contributed by atoms with van der Waals surface area (Å²) in [6, 6.07) is 3.01. The summed E-state index contributed by atoms with van der Waals surface area (Å²) in [6.45, 7) is 3.98. The molecule has 0 heterocycles. The second-order valence-corrected chi connectivity index (χ2v) is 8.17. The van der Waals surface area contributed by atoms with Crippen molar-refractivity contribution in [3.8, 4) is 0 Å². The van der Waals surface area contributed by atoms with Crippen LogP contribution in [-0.4, -0.2) is 14.5 Å². The Hall–Kier alpha value is -0.780. The average Bonchev–Trinajstić information content (AvgIpc) is 2.60. The van der Waals surface area contributed by atoms with Gasteiger partial charge in [0.25, 0.3) is 0 Å². The number of nitrogen functional groups attached to an aromatic ring is 1. The average molecular weight is 331 g/mol. The molecule has 0 bridgehead atoms. The second-order valence-electron chi connectivity index (χ2n) is 6.08. The minimum atomic E-state index is -3.54. The maximum atomic E-state index is 12.5. The Kier molecular flexibility index (Phi) is 5.17. The molecule has 1 fully saturated rings. The zero-order valence-corrected chi connectivity index (χ0v) is 14.1. The summed E-state index contributed by atoms with van der Waals surface area (Å²) in [4.78, 5) is 0.194. The van der Waals surface area contributed by atoms with Crippen molar-refractivity contribution in [2.45, 2.75) is 56.9 Å². The Morgan fingerprint density at radius 2 is 1.95 bits per heavy atom. The molecule has 3 N–H and O–H groups in total. The molecule has 4 nitrogen and oxygen atoms in total. The van der Waals surface area contributed by atoms with Crippen LogP contribution in [0.5, 0.6) is 0 Å². The third kappa shape index (κ3) is 4.11. The number of benzene rings is 1. The van der Waals surface area contributed by atoms with Crippen LogP contribution in [0.25, 0.3) is 0 Å². The summed E-state index contributed by atoms with van der Waals surface area (Å²) in [5.41, 5.74) is 6.74. The van der Waals surface area contributed by atoms with Crippen LogP contribution in [0.1, 0.15) is 44.6 Å². The summed E-state index contributed by atoms with van der Waals surface area (Å²) in [5.74, 6) is 0.674. The molecule has 118 valence electrons. The predicted molar refractivity (Wildman–Crippen MR) is 87.0 cm³/mol. The molecule has 1 saturated carbocycles. The number of rotatable bonds is 3. The van der Waals surface area contributed by atoms with Crippen LogP contribution in [0.3, 0.4) is 0 Å². The van der Waals surface area contributed by atoms with Crippen LogP contribution in [0.15, 0.2) is 17.0 Å². The highest BCUT2D eigenvalue weighted by molar-refractivity contribution is 7.89. The van der Waals surface area contributed by atoms with Crippen molar-refractivity contribution in [3.05, 3.63) is 22.7 Å². The third-order valence-electron chi connectivity index (χ3n) is 4.15. The largest absolute Gasteiger partial charge is 0.397 e. The van der Waals surface area contributed by atoms with E-state index >= 15 is 0 Å².